The van der Waals surface area contributed by atoms with Crippen LogP contribution in [0.15, 0.2) is 53.4 Å². The molecule has 0 unspecified atom stereocenters. The molecular formula is C29H39N5O2S. The Kier molecular flexibility index (Phi) is 8.07. The molecule has 1 aromatic heterocycles. The summed E-state index contributed by atoms with van der Waals surface area (Å²) in [7, 11) is -3.49. The average Bonchev–Trinajstić information content (AvgIpc) is 2.96. The Bertz CT molecular complexity index is 1300. The number of anilines is 1. The largest absolute Gasteiger partial charge is 0.356 e. The highest BCUT2D eigenvalue weighted by Gasteiger charge is 2.31. The Hall–Kier alpha value is -2.55. The molecule has 0 bridgehead atoms. The molecular weight excluding hydrogens is 482 g/mol. The van der Waals surface area contributed by atoms with E-state index >= 15 is 0 Å². The fraction of sp³-hybridized carbons (Fsp3) is 0.517. The highest BCUT2D eigenvalue weighted by molar-refractivity contribution is 7.89. The molecule has 1 atom stereocenters. The van der Waals surface area contributed by atoms with Gasteiger partial charge in [0.05, 0.1) is 16.5 Å². The minimum atomic E-state index is -3.49. The van der Waals surface area contributed by atoms with E-state index in [9.17, 15) is 8.42 Å². The van der Waals surface area contributed by atoms with Crippen LogP contribution in [0.2, 0.25) is 0 Å². The van der Waals surface area contributed by atoms with E-state index in [-0.39, 0.29) is 6.04 Å². The molecule has 0 radical (unpaired) electrons. The molecule has 2 saturated heterocycles. The van der Waals surface area contributed by atoms with Gasteiger partial charge in [0.2, 0.25) is 10.0 Å². The summed E-state index contributed by atoms with van der Waals surface area (Å²) in [5.41, 5.74) is 2.17. The molecule has 198 valence electrons. The third kappa shape index (κ3) is 5.66. The fourth-order valence-corrected chi connectivity index (χ4v) is 6.89. The zero-order chi connectivity index (χ0) is 25.8. The molecule has 2 aliphatic rings. The number of hydrogen-bond acceptors (Lipinski definition) is 6. The number of aryl methyl sites for hydroxylation is 1. The smallest absolute Gasteiger partial charge is 0.243 e. The van der Waals surface area contributed by atoms with Gasteiger partial charge in [-0.1, -0.05) is 37.6 Å². The molecule has 2 aliphatic heterocycles. The molecule has 8 heteroatoms. The van der Waals surface area contributed by atoms with Gasteiger partial charge in [0.25, 0.3) is 0 Å². The molecule has 0 N–H and O–H groups in total. The average molecular weight is 522 g/mol. The standard InChI is InChI=1S/C29H39N5O2S/c1-3-4-10-24-13-15-25(16-14-24)37(35,36)34-21-19-32(20-22-34)23(2)28-30-27-12-7-6-11-26(27)29(31-28)33-17-8-5-9-18-33/h6-7,11-16,23H,3-5,8-10,17-22H2,1-2H3/t23-/m0/s1. The summed E-state index contributed by atoms with van der Waals surface area (Å²) in [4.78, 5) is 15.1. The van der Waals surface area contributed by atoms with E-state index in [0.717, 1.165) is 54.9 Å². The SMILES string of the molecule is CCCCc1ccc(S(=O)(=O)N2CCN([C@@H](C)c3nc(N4CCCCC4)c4ccccc4n3)CC2)cc1. The van der Waals surface area contributed by atoms with Crippen LogP contribution in [0, 0.1) is 0 Å². The Labute approximate surface area is 221 Å². The Balaban J connectivity index is 1.29. The highest BCUT2D eigenvalue weighted by atomic mass is 32.2. The molecule has 37 heavy (non-hydrogen) atoms. The minimum absolute atomic E-state index is 0.0100. The number of para-hydroxylation sites is 1. The van der Waals surface area contributed by atoms with Crippen LogP contribution in [0.1, 0.15) is 63.4 Å². The first-order valence-electron chi connectivity index (χ1n) is 13.8. The van der Waals surface area contributed by atoms with E-state index in [1.165, 1.54) is 24.8 Å². The number of benzene rings is 2. The van der Waals surface area contributed by atoms with Crippen LogP contribution in [0.25, 0.3) is 10.9 Å². The lowest BCUT2D eigenvalue weighted by Crippen LogP contribution is -2.49. The van der Waals surface area contributed by atoms with Crippen LogP contribution in [-0.2, 0) is 16.4 Å². The first-order valence-corrected chi connectivity index (χ1v) is 15.3. The zero-order valence-electron chi connectivity index (χ0n) is 22.1. The highest BCUT2D eigenvalue weighted by Crippen LogP contribution is 2.30. The number of nitrogens with zero attached hydrogens (tertiary/aromatic N) is 5. The van der Waals surface area contributed by atoms with E-state index in [0.29, 0.717) is 31.1 Å². The number of piperazine rings is 1. The number of sulfonamides is 1. The normalized spacial score (nSPS) is 18.8. The minimum Gasteiger partial charge on any atom is -0.356 e. The van der Waals surface area contributed by atoms with Crippen LogP contribution in [0.3, 0.4) is 0 Å². The van der Waals surface area contributed by atoms with E-state index in [4.69, 9.17) is 9.97 Å². The number of piperidine rings is 1. The lowest BCUT2D eigenvalue weighted by Gasteiger charge is -2.37. The lowest BCUT2D eigenvalue weighted by atomic mass is 10.1. The van der Waals surface area contributed by atoms with Crippen molar-refractivity contribution in [1.29, 1.82) is 0 Å². The number of rotatable bonds is 8. The number of unbranched alkanes of at least 4 members (excludes halogenated alkanes) is 1. The van der Waals surface area contributed by atoms with Gasteiger partial charge in [0, 0.05) is 44.7 Å². The van der Waals surface area contributed by atoms with E-state index in [1.54, 1.807) is 16.4 Å². The second kappa shape index (κ2) is 11.5. The molecule has 5 rings (SSSR count). The fourth-order valence-electron chi connectivity index (χ4n) is 5.46. The van der Waals surface area contributed by atoms with Gasteiger partial charge in [-0.3, -0.25) is 4.90 Å². The summed E-state index contributed by atoms with van der Waals surface area (Å²) < 4.78 is 28.2. The second-order valence-electron chi connectivity index (χ2n) is 10.3. The van der Waals surface area contributed by atoms with Crippen molar-refractivity contribution in [3.05, 3.63) is 59.9 Å². The maximum absolute atomic E-state index is 13.3. The summed E-state index contributed by atoms with van der Waals surface area (Å²) in [5.74, 6) is 1.86. The van der Waals surface area contributed by atoms with E-state index < -0.39 is 10.0 Å². The summed E-state index contributed by atoms with van der Waals surface area (Å²) in [6.45, 7) is 8.63. The quantitative estimate of drug-likeness (QED) is 0.414. The van der Waals surface area contributed by atoms with Crippen molar-refractivity contribution in [2.24, 2.45) is 0 Å². The van der Waals surface area contributed by atoms with Crippen LogP contribution in [-0.4, -0.2) is 66.9 Å². The molecule has 0 aliphatic carbocycles. The summed E-state index contributed by atoms with van der Waals surface area (Å²) in [5, 5.41) is 1.11. The van der Waals surface area contributed by atoms with Crippen molar-refractivity contribution in [3.8, 4) is 0 Å². The van der Waals surface area contributed by atoms with Gasteiger partial charge < -0.3 is 4.90 Å². The van der Waals surface area contributed by atoms with Crippen molar-refractivity contribution in [3.63, 3.8) is 0 Å². The van der Waals surface area contributed by atoms with Crippen LogP contribution in [0.4, 0.5) is 5.82 Å². The zero-order valence-corrected chi connectivity index (χ0v) is 23.0. The van der Waals surface area contributed by atoms with Gasteiger partial charge in [-0.15, -0.1) is 0 Å². The van der Waals surface area contributed by atoms with Gasteiger partial charge in [0.15, 0.2) is 0 Å². The summed E-state index contributed by atoms with van der Waals surface area (Å²) >= 11 is 0. The molecule has 0 spiro atoms. The number of aromatic nitrogens is 2. The Morgan fingerprint density at radius 1 is 0.865 bits per heavy atom. The van der Waals surface area contributed by atoms with Crippen LogP contribution < -0.4 is 4.90 Å². The first kappa shape index (κ1) is 26.1. The summed E-state index contributed by atoms with van der Waals surface area (Å²) in [6, 6.07) is 15.7. The van der Waals surface area contributed by atoms with Gasteiger partial charge in [-0.25, -0.2) is 18.4 Å². The van der Waals surface area contributed by atoms with E-state index in [1.807, 2.05) is 18.2 Å². The lowest BCUT2D eigenvalue weighted by molar-refractivity contribution is 0.141. The molecule has 3 aromatic rings. The predicted molar refractivity (Wildman–Crippen MR) is 149 cm³/mol. The molecule has 2 fully saturated rings. The molecule has 7 nitrogen and oxygen atoms in total. The van der Waals surface area contributed by atoms with Gasteiger partial charge in [-0.05, 0) is 68.9 Å². The molecule has 0 saturated carbocycles. The Morgan fingerprint density at radius 2 is 1.57 bits per heavy atom. The third-order valence-corrected chi connectivity index (χ3v) is 9.74. The van der Waals surface area contributed by atoms with Crippen LogP contribution in [0.5, 0.6) is 0 Å². The molecule has 0 amide bonds. The third-order valence-electron chi connectivity index (χ3n) is 7.83. The molecule has 3 heterocycles. The second-order valence-corrected chi connectivity index (χ2v) is 12.3. The van der Waals surface area contributed by atoms with Crippen molar-refractivity contribution < 1.29 is 8.42 Å². The Morgan fingerprint density at radius 3 is 2.27 bits per heavy atom. The van der Waals surface area contributed by atoms with E-state index in [2.05, 4.69) is 41.8 Å². The van der Waals surface area contributed by atoms with Crippen molar-refractivity contribution in [2.75, 3.05) is 44.2 Å². The first-order chi connectivity index (χ1) is 18.0. The van der Waals surface area contributed by atoms with Gasteiger partial charge >= 0.3 is 0 Å². The van der Waals surface area contributed by atoms with Crippen LogP contribution >= 0.6 is 0 Å². The molecule has 2 aromatic carbocycles. The maximum atomic E-state index is 13.3. The predicted octanol–water partition coefficient (Wildman–Crippen LogP) is 5.03. The number of fused-ring (bicyclic) bond motifs is 1. The van der Waals surface area contributed by atoms with Gasteiger partial charge in [0.1, 0.15) is 11.6 Å². The monoisotopic (exact) mass is 521 g/mol. The number of hydrogen-bond donors (Lipinski definition) is 0. The maximum Gasteiger partial charge on any atom is 0.243 e. The topological polar surface area (TPSA) is 69.6 Å². The summed E-state index contributed by atoms with van der Waals surface area (Å²) in [6.07, 6.45) is 6.91. The van der Waals surface area contributed by atoms with Gasteiger partial charge in [-0.2, -0.15) is 4.31 Å². The van der Waals surface area contributed by atoms with Crippen molar-refractivity contribution in [1.82, 2.24) is 19.2 Å². The van der Waals surface area contributed by atoms with Crippen molar-refractivity contribution in [2.45, 2.75) is 63.3 Å². The van der Waals surface area contributed by atoms with Crippen molar-refractivity contribution >= 4 is 26.7 Å².